The van der Waals surface area contributed by atoms with Crippen LogP contribution in [-0.2, 0) is 25.7 Å². The smallest absolute Gasteiger partial charge is 0.243 e. The van der Waals surface area contributed by atoms with Gasteiger partial charge in [0.05, 0.1) is 25.9 Å². The zero-order valence-corrected chi connectivity index (χ0v) is 24.5. The number of para-hydroxylation sites is 1. The number of methoxy groups -OCH3 is 1. The molecule has 0 unspecified atom stereocenters. The number of aliphatic hydroxyl groups is 1. The van der Waals surface area contributed by atoms with E-state index in [1.165, 1.54) is 0 Å². The fraction of sp³-hybridized carbons (Fsp3) is 0.375. The zero-order valence-electron chi connectivity index (χ0n) is 23.7. The van der Waals surface area contributed by atoms with Crippen LogP contribution < -0.4 is 15.5 Å². The van der Waals surface area contributed by atoms with Crippen LogP contribution >= 0.6 is 11.8 Å². The Morgan fingerprint density at radius 3 is 2.43 bits per heavy atom. The number of carbonyl (C=O) groups excluding carboxylic acids is 2. The van der Waals surface area contributed by atoms with E-state index in [1.807, 2.05) is 72.8 Å². The van der Waals surface area contributed by atoms with Crippen molar-refractivity contribution in [2.75, 3.05) is 18.2 Å². The Labute approximate surface area is 250 Å². The number of carbonyl (C=O) groups is 2. The van der Waals surface area contributed by atoms with Crippen LogP contribution in [0.1, 0.15) is 67.6 Å². The normalized spacial score (nSPS) is 18.3. The highest BCUT2D eigenvalue weighted by atomic mass is 32.2. The Morgan fingerprint density at radius 2 is 1.69 bits per heavy atom. The van der Waals surface area contributed by atoms with Gasteiger partial charge in [0, 0.05) is 41.2 Å². The first-order valence-electron chi connectivity index (χ1n) is 14.1. The molecule has 0 spiro atoms. The number of amides is 2. The van der Waals surface area contributed by atoms with Crippen LogP contribution in [0.15, 0.2) is 77.7 Å². The van der Waals surface area contributed by atoms with Gasteiger partial charge in [0.15, 0.2) is 6.29 Å². The number of benzene rings is 3. The van der Waals surface area contributed by atoms with Gasteiger partial charge in [-0.25, -0.2) is 5.48 Å². The molecule has 4 rings (SSSR count). The lowest BCUT2D eigenvalue weighted by atomic mass is 10.0. The van der Waals surface area contributed by atoms with E-state index < -0.39 is 12.2 Å². The summed E-state index contributed by atoms with van der Waals surface area (Å²) in [6, 6.07) is 23.2. The third-order valence-corrected chi connectivity index (χ3v) is 8.17. The molecule has 224 valence electrons. The van der Waals surface area contributed by atoms with Gasteiger partial charge < -0.3 is 24.6 Å². The lowest BCUT2D eigenvalue weighted by Crippen LogP contribution is -2.31. The van der Waals surface area contributed by atoms with Gasteiger partial charge in [-0.1, -0.05) is 55.0 Å². The predicted molar refractivity (Wildman–Crippen MR) is 160 cm³/mol. The highest BCUT2D eigenvalue weighted by Crippen LogP contribution is 2.40. The molecule has 10 heteroatoms. The topological polar surface area (TPSA) is 126 Å². The molecule has 1 heterocycles. The number of unbranched alkanes of at least 4 members (excludes halogenated alkanes) is 2. The molecule has 0 aliphatic carbocycles. The summed E-state index contributed by atoms with van der Waals surface area (Å²) in [6.07, 6.45) is 2.19. The second-order valence-electron chi connectivity index (χ2n) is 10.1. The van der Waals surface area contributed by atoms with Crippen molar-refractivity contribution >= 4 is 29.3 Å². The Balaban J connectivity index is 1.42. The Bertz CT molecular complexity index is 1300. The molecule has 3 aromatic carbocycles. The van der Waals surface area contributed by atoms with E-state index in [2.05, 4.69) is 5.32 Å². The Hall–Kier alpha value is -3.41. The molecule has 2 amide bonds. The van der Waals surface area contributed by atoms with E-state index in [4.69, 9.17) is 19.4 Å². The summed E-state index contributed by atoms with van der Waals surface area (Å²) in [4.78, 5) is 24.7. The summed E-state index contributed by atoms with van der Waals surface area (Å²) in [5.41, 5.74) is 4.91. The largest absolute Gasteiger partial charge is 0.496 e. The number of hydrogen-bond donors (Lipinski definition) is 4. The third kappa shape index (κ3) is 9.30. The maximum Gasteiger partial charge on any atom is 0.243 e. The molecule has 3 aromatic rings. The standard InChI is InChI=1S/C32H38N2O7S/c1-39-27-10-5-6-11-29(27)42-21-26-19-28(23-16-14-22(20-35)15-17-23)41-32(40-26)24-8-7-9-25(18-24)33-30(36)12-3-2-4-13-31(37)34-38/h5-11,14-18,26,28,32,35,38H,2-4,12-13,19-21H2,1H3,(H,33,36)(H,34,37)/t26-,28+,32+/m1/s1. The van der Waals surface area contributed by atoms with E-state index in [0.29, 0.717) is 43.5 Å². The third-order valence-electron chi connectivity index (χ3n) is 6.98. The van der Waals surface area contributed by atoms with Gasteiger partial charge in [0.1, 0.15) is 5.75 Å². The lowest BCUT2D eigenvalue weighted by Gasteiger charge is -2.36. The fourth-order valence-corrected chi connectivity index (χ4v) is 5.78. The molecule has 1 fully saturated rings. The molecule has 0 radical (unpaired) electrons. The van der Waals surface area contributed by atoms with Crippen LogP contribution in [-0.4, -0.2) is 41.1 Å². The highest BCUT2D eigenvalue weighted by molar-refractivity contribution is 7.99. The molecule has 1 aliphatic heterocycles. The second kappa shape index (κ2) is 16.3. The summed E-state index contributed by atoms with van der Waals surface area (Å²) in [7, 11) is 1.66. The van der Waals surface area contributed by atoms with Crippen LogP contribution in [0.3, 0.4) is 0 Å². The van der Waals surface area contributed by atoms with Crippen molar-refractivity contribution in [1.82, 2.24) is 5.48 Å². The summed E-state index contributed by atoms with van der Waals surface area (Å²) in [5.74, 6) is 0.981. The maximum atomic E-state index is 12.5. The number of thioether (sulfide) groups is 1. The quantitative estimate of drug-likeness (QED) is 0.0784. The van der Waals surface area contributed by atoms with Crippen LogP contribution in [0.5, 0.6) is 5.75 Å². The van der Waals surface area contributed by atoms with Gasteiger partial charge in [0.25, 0.3) is 0 Å². The molecular formula is C32H38N2O7S. The molecule has 42 heavy (non-hydrogen) atoms. The van der Waals surface area contributed by atoms with Crippen molar-refractivity contribution in [3.05, 3.63) is 89.5 Å². The van der Waals surface area contributed by atoms with Crippen LogP contribution in [0.4, 0.5) is 5.69 Å². The van der Waals surface area contributed by atoms with E-state index in [-0.39, 0.29) is 31.1 Å². The molecule has 0 saturated carbocycles. The molecular weight excluding hydrogens is 556 g/mol. The van der Waals surface area contributed by atoms with E-state index in [1.54, 1.807) is 24.4 Å². The number of hydroxylamine groups is 1. The average Bonchev–Trinajstić information content (AvgIpc) is 3.03. The minimum atomic E-state index is -0.640. The van der Waals surface area contributed by atoms with Crippen molar-refractivity contribution in [1.29, 1.82) is 0 Å². The maximum absolute atomic E-state index is 12.5. The summed E-state index contributed by atoms with van der Waals surface area (Å²) in [5, 5.41) is 21.0. The minimum Gasteiger partial charge on any atom is -0.496 e. The molecule has 3 atom stereocenters. The molecule has 0 bridgehead atoms. The Morgan fingerprint density at radius 1 is 0.929 bits per heavy atom. The average molecular weight is 595 g/mol. The van der Waals surface area contributed by atoms with E-state index >= 15 is 0 Å². The number of hydrogen-bond acceptors (Lipinski definition) is 8. The number of aliphatic hydroxyl groups excluding tert-OH is 1. The van der Waals surface area contributed by atoms with Crippen molar-refractivity contribution < 1.29 is 34.1 Å². The number of nitrogens with one attached hydrogen (secondary N) is 2. The van der Waals surface area contributed by atoms with Gasteiger partial charge in [-0.15, -0.1) is 11.8 Å². The van der Waals surface area contributed by atoms with Gasteiger partial charge >= 0.3 is 0 Å². The fourth-order valence-electron chi connectivity index (χ4n) is 4.73. The van der Waals surface area contributed by atoms with Crippen molar-refractivity contribution in [3.8, 4) is 5.75 Å². The predicted octanol–water partition coefficient (Wildman–Crippen LogP) is 5.92. The van der Waals surface area contributed by atoms with Crippen LogP contribution in [0.25, 0.3) is 0 Å². The molecule has 1 aliphatic rings. The van der Waals surface area contributed by atoms with E-state index in [9.17, 15) is 14.7 Å². The molecule has 4 N–H and O–H groups in total. The van der Waals surface area contributed by atoms with Gasteiger partial charge in [-0.3, -0.25) is 14.8 Å². The molecule has 1 saturated heterocycles. The number of anilines is 1. The van der Waals surface area contributed by atoms with Gasteiger partial charge in [-0.2, -0.15) is 0 Å². The SMILES string of the molecule is COc1ccccc1SC[C@H]1C[C@@H](c2ccc(CO)cc2)O[C@@H](c2cccc(NC(=O)CCCCCC(=O)NO)c2)O1. The molecule has 9 nitrogen and oxygen atoms in total. The second-order valence-corrected chi connectivity index (χ2v) is 11.1. The molecule has 0 aromatic heterocycles. The summed E-state index contributed by atoms with van der Waals surface area (Å²) < 4.78 is 18.4. The minimum absolute atomic E-state index is 0.0188. The lowest BCUT2D eigenvalue weighted by molar-refractivity contribution is -0.245. The van der Waals surface area contributed by atoms with E-state index in [0.717, 1.165) is 27.3 Å². The monoisotopic (exact) mass is 594 g/mol. The highest BCUT2D eigenvalue weighted by Gasteiger charge is 2.32. The van der Waals surface area contributed by atoms with Crippen molar-refractivity contribution in [3.63, 3.8) is 0 Å². The first-order chi connectivity index (χ1) is 20.5. The number of rotatable bonds is 14. The summed E-state index contributed by atoms with van der Waals surface area (Å²) in [6.45, 7) is -0.0188. The van der Waals surface area contributed by atoms with Crippen molar-refractivity contribution in [2.24, 2.45) is 0 Å². The first-order valence-corrected chi connectivity index (χ1v) is 15.1. The summed E-state index contributed by atoms with van der Waals surface area (Å²) >= 11 is 1.67. The zero-order chi connectivity index (χ0) is 29.7. The number of ether oxygens (including phenoxy) is 3. The first kappa shape index (κ1) is 31.5. The van der Waals surface area contributed by atoms with Gasteiger partial charge in [-0.05, 0) is 48.2 Å². The van der Waals surface area contributed by atoms with Gasteiger partial charge in [0.2, 0.25) is 11.8 Å². The Kier molecular flexibility index (Phi) is 12.2. The van der Waals surface area contributed by atoms with Crippen LogP contribution in [0, 0.1) is 0 Å². The van der Waals surface area contributed by atoms with Crippen molar-refractivity contribution in [2.45, 2.75) is 68.5 Å². The van der Waals surface area contributed by atoms with Crippen LogP contribution in [0.2, 0.25) is 0 Å².